The van der Waals surface area contributed by atoms with Crippen molar-refractivity contribution >= 4 is 17.5 Å². The van der Waals surface area contributed by atoms with Crippen LogP contribution in [0.2, 0.25) is 0 Å². The second-order valence-electron chi connectivity index (χ2n) is 7.91. The van der Waals surface area contributed by atoms with Gasteiger partial charge >= 0.3 is 0 Å². The van der Waals surface area contributed by atoms with Gasteiger partial charge in [0, 0.05) is 30.2 Å². The number of ketones is 1. The fraction of sp³-hybridized carbons (Fsp3) is 0.458. The molecule has 1 heterocycles. The van der Waals surface area contributed by atoms with Crippen LogP contribution in [0.25, 0.3) is 0 Å². The Kier molecular flexibility index (Phi) is 6.46. The fourth-order valence-corrected chi connectivity index (χ4v) is 5.42. The van der Waals surface area contributed by atoms with Crippen LogP contribution in [-0.4, -0.2) is 50.3 Å². The molecule has 0 saturated heterocycles. The highest BCUT2D eigenvalue weighted by atomic mass is 32.2. The van der Waals surface area contributed by atoms with Crippen molar-refractivity contribution in [2.24, 2.45) is 0 Å². The summed E-state index contributed by atoms with van der Waals surface area (Å²) in [7, 11) is 3.97. The van der Waals surface area contributed by atoms with E-state index in [0.29, 0.717) is 18.9 Å². The summed E-state index contributed by atoms with van der Waals surface area (Å²) in [6, 6.07) is 12.5. The van der Waals surface area contributed by atoms with Crippen molar-refractivity contribution < 1.29 is 14.3 Å². The lowest BCUT2D eigenvalue weighted by Crippen LogP contribution is -2.28. The van der Waals surface area contributed by atoms with Gasteiger partial charge in [-0.25, -0.2) is 0 Å². The number of carbonyl (C=O) groups excluding carboxylic acids is 1. The van der Waals surface area contributed by atoms with Gasteiger partial charge in [-0.15, -0.1) is 11.8 Å². The Morgan fingerprint density at radius 2 is 2.14 bits per heavy atom. The number of hydrogen-bond acceptors (Lipinski definition) is 5. The Labute approximate surface area is 177 Å². The number of likely N-dealkylation sites (N-methyl/N-ethyl adjacent to an activating group) is 1. The van der Waals surface area contributed by atoms with Crippen molar-refractivity contribution in [1.29, 1.82) is 0 Å². The van der Waals surface area contributed by atoms with E-state index < -0.39 is 0 Å². The summed E-state index contributed by atoms with van der Waals surface area (Å²) in [5.41, 5.74) is 3.60. The molecule has 0 N–H and O–H groups in total. The quantitative estimate of drug-likeness (QED) is 0.612. The molecule has 2 aromatic rings. The van der Waals surface area contributed by atoms with Gasteiger partial charge in [-0.1, -0.05) is 12.1 Å². The van der Waals surface area contributed by atoms with Crippen molar-refractivity contribution in [2.45, 2.75) is 36.5 Å². The third-order valence-electron chi connectivity index (χ3n) is 5.92. The smallest absolute Gasteiger partial charge is 0.170 e. The van der Waals surface area contributed by atoms with E-state index in [2.05, 4.69) is 36.2 Å². The first kappa shape index (κ1) is 20.3. The molecule has 4 nitrogen and oxygen atoms in total. The fourth-order valence-electron chi connectivity index (χ4n) is 4.41. The van der Waals surface area contributed by atoms with Crippen LogP contribution in [0.15, 0.2) is 41.3 Å². The van der Waals surface area contributed by atoms with Crippen molar-refractivity contribution in [3.05, 3.63) is 53.1 Å². The van der Waals surface area contributed by atoms with Crippen LogP contribution in [0.4, 0.5) is 0 Å². The highest BCUT2D eigenvalue weighted by Gasteiger charge is 2.24. The predicted octanol–water partition coefficient (Wildman–Crippen LogP) is 4.80. The number of hydrogen-bond donors (Lipinski definition) is 0. The lowest BCUT2D eigenvalue weighted by atomic mass is 9.82. The maximum atomic E-state index is 12.1. The maximum Gasteiger partial charge on any atom is 0.170 e. The van der Waals surface area contributed by atoms with Gasteiger partial charge in [0.05, 0.1) is 19.3 Å². The number of methoxy groups -OCH3 is 1. The van der Waals surface area contributed by atoms with E-state index in [1.165, 1.54) is 24.0 Å². The number of carbonyl (C=O) groups is 1. The number of fused-ring (bicyclic) bond motifs is 2. The number of ether oxygens (including phenoxy) is 2. The number of Topliss-reactive ketones (excluding diaryl/α,β-unsaturated/α-hetero) is 1. The Hall–Kier alpha value is -1.98. The number of benzene rings is 2. The van der Waals surface area contributed by atoms with E-state index in [4.69, 9.17) is 9.47 Å². The third-order valence-corrected chi connectivity index (χ3v) is 6.89. The molecule has 0 spiro atoms. The Bertz CT molecular complexity index is 882. The zero-order valence-corrected chi connectivity index (χ0v) is 18.1. The standard InChI is InChI=1S/C24H29NO3S/c1-25(16-17-5-3-7-20-19(17)6-4-8-23(20)27-2)12-14-29-18-9-10-24-21(15-18)22(26)11-13-28-24/h4,6,8-10,15,17H,3,5,7,11-14,16H2,1-2H3. The monoisotopic (exact) mass is 411 g/mol. The number of nitrogens with zero attached hydrogens (tertiary/aromatic N) is 1. The molecule has 1 atom stereocenters. The summed E-state index contributed by atoms with van der Waals surface area (Å²) in [5, 5.41) is 0. The molecule has 29 heavy (non-hydrogen) atoms. The van der Waals surface area contributed by atoms with Gasteiger partial charge in [-0.05, 0) is 67.6 Å². The van der Waals surface area contributed by atoms with E-state index in [-0.39, 0.29) is 5.78 Å². The first-order valence-electron chi connectivity index (χ1n) is 10.4. The van der Waals surface area contributed by atoms with Crippen LogP contribution in [-0.2, 0) is 6.42 Å². The van der Waals surface area contributed by atoms with Gasteiger partial charge in [0.2, 0.25) is 0 Å². The molecule has 0 saturated carbocycles. The van der Waals surface area contributed by atoms with Crippen LogP contribution in [0.5, 0.6) is 11.5 Å². The van der Waals surface area contributed by atoms with Gasteiger partial charge in [0.25, 0.3) is 0 Å². The first-order valence-corrected chi connectivity index (χ1v) is 11.4. The average molecular weight is 412 g/mol. The summed E-state index contributed by atoms with van der Waals surface area (Å²) < 4.78 is 11.2. The molecule has 2 aromatic carbocycles. The van der Waals surface area contributed by atoms with Crippen molar-refractivity contribution in [3.63, 3.8) is 0 Å². The van der Waals surface area contributed by atoms with Crippen LogP contribution in [0, 0.1) is 0 Å². The maximum absolute atomic E-state index is 12.1. The lowest BCUT2D eigenvalue weighted by molar-refractivity contribution is 0.0933. The molecular formula is C24H29NO3S. The van der Waals surface area contributed by atoms with Crippen LogP contribution >= 0.6 is 11.8 Å². The highest BCUT2D eigenvalue weighted by molar-refractivity contribution is 7.99. The molecule has 5 heteroatoms. The molecule has 0 amide bonds. The molecule has 0 aromatic heterocycles. The van der Waals surface area contributed by atoms with E-state index in [1.54, 1.807) is 7.11 Å². The van der Waals surface area contributed by atoms with Gasteiger partial charge in [0.1, 0.15) is 11.5 Å². The zero-order valence-electron chi connectivity index (χ0n) is 17.3. The second kappa shape index (κ2) is 9.23. The number of rotatable bonds is 7. The van der Waals surface area contributed by atoms with Crippen LogP contribution < -0.4 is 9.47 Å². The minimum atomic E-state index is 0.192. The molecule has 0 bridgehead atoms. The third kappa shape index (κ3) is 4.62. The summed E-state index contributed by atoms with van der Waals surface area (Å²) in [6.45, 7) is 2.58. The van der Waals surface area contributed by atoms with Gasteiger partial charge < -0.3 is 14.4 Å². The minimum absolute atomic E-state index is 0.192. The molecule has 1 aliphatic carbocycles. The highest BCUT2D eigenvalue weighted by Crippen LogP contribution is 2.37. The molecular weight excluding hydrogens is 382 g/mol. The normalized spacial score (nSPS) is 18.2. The summed E-state index contributed by atoms with van der Waals surface area (Å²) in [4.78, 5) is 15.7. The Morgan fingerprint density at radius 1 is 1.24 bits per heavy atom. The van der Waals surface area contributed by atoms with Gasteiger partial charge in [0.15, 0.2) is 5.78 Å². The van der Waals surface area contributed by atoms with E-state index in [0.717, 1.165) is 47.2 Å². The molecule has 0 fully saturated rings. The zero-order chi connectivity index (χ0) is 20.2. The molecule has 1 aliphatic heterocycles. The van der Waals surface area contributed by atoms with E-state index in [9.17, 15) is 4.79 Å². The van der Waals surface area contributed by atoms with Crippen LogP contribution in [0.3, 0.4) is 0 Å². The Morgan fingerprint density at radius 3 is 3.00 bits per heavy atom. The number of thioether (sulfide) groups is 1. The molecule has 1 unspecified atom stereocenters. The minimum Gasteiger partial charge on any atom is -0.496 e. The predicted molar refractivity (Wildman–Crippen MR) is 118 cm³/mol. The first-order chi connectivity index (χ1) is 14.2. The van der Waals surface area contributed by atoms with Gasteiger partial charge in [-0.3, -0.25) is 4.79 Å². The summed E-state index contributed by atoms with van der Waals surface area (Å²) >= 11 is 1.81. The second-order valence-corrected chi connectivity index (χ2v) is 9.08. The molecule has 2 aliphatic rings. The van der Waals surface area contributed by atoms with Crippen molar-refractivity contribution in [1.82, 2.24) is 4.90 Å². The Balaban J connectivity index is 1.32. The molecule has 0 radical (unpaired) electrons. The summed E-state index contributed by atoms with van der Waals surface area (Å²) in [6.07, 6.45) is 4.07. The van der Waals surface area contributed by atoms with Crippen molar-refractivity contribution in [3.8, 4) is 11.5 Å². The van der Waals surface area contributed by atoms with E-state index >= 15 is 0 Å². The average Bonchev–Trinajstić information content (AvgIpc) is 2.74. The topological polar surface area (TPSA) is 38.8 Å². The van der Waals surface area contributed by atoms with Gasteiger partial charge in [-0.2, -0.15) is 0 Å². The van der Waals surface area contributed by atoms with Crippen molar-refractivity contribution in [2.75, 3.05) is 39.6 Å². The lowest BCUT2D eigenvalue weighted by Gasteiger charge is -2.30. The van der Waals surface area contributed by atoms with E-state index in [1.807, 2.05) is 23.9 Å². The SMILES string of the molecule is COc1cccc2c1CCCC2CN(C)CCSc1ccc2c(c1)C(=O)CCO2. The molecule has 4 rings (SSSR count). The largest absolute Gasteiger partial charge is 0.496 e. The van der Waals surface area contributed by atoms with Crippen LogP contribution in [0.1, 0.15) is 46.7 Å². The molecule has 154 valence electrons. The summed E-state index contributed by atoms with van der Waals surface area (Å²) in [5.74, 6) is 3.53.